The van der Waals surface area contributed by atoms with Crippen molar-refractivity contribution in [2.45, 2.75) is 37.5 Å². The second-order valence-electron chi connectivity index (χ2n) is 6.82. The molecule has 1 heterocycles. The summed E-state index contributed by atoms with van der Waals surface area (Å²) >= 11 is 1.32. The van der Waals surface area contributed by atoms with Crippen LogP contribution in [-0.2, 0) is 16.4 Å². The topological polar surface area (TPSA) is 87.0 Å². The fourth-order valence-electron chi connectivity index (χ4n) is 3.06. The van der Waals surface area contributed by atoms with Crippen molar-refractivity contribution < 1.29 is 22.7 Å². The molecule has 0 aliphatic carbocycles. The summed E-state index contributed by atoms with van der Waals surface area (Å²) in [5.74, 6) is 0.808. The zero-order valence-corrected chi connectivity index (χ0v) is 19.1. The Kier molecular flexibility index (Phi) is 6.33. The van der Waals surface area contributed by atoms with Gasteiger partial charge in [0.05, 0.1) is 24.4 Å². The van der Waals surface area contributed by atoms with Crippen LogP contribution in [-0.4, -0.2) is 38.4 Å². The molecular formula is C21H24N2O5S2. The van der Waals surface area contributed by atoms with Crippen LogP contribution >= 0.6 is 11.3 Å². The summed E-state index contributed by atoms with van der Waals surface area (Å²) in [6.07, 6.45) is 0. The second-order valence-corrected chi connectivity index (χ2v) is 10.3. The van der Waals surface area contributed by atoms with E-state index >= 15 is 0 Å². The quantitative estimate of drug-likeness (QED) is 0.574. The van der Waals surface area contributed by atoms with Gasteiger partial charge in [-0.2, -0.15) is 4.99 Å². The van der Waals surface area contributed by atoms with Crippen LogP contribution < -0.4 is 14.3 Å². The minimum atomic E-state index is -3.49. The van der Waals surface area contributed by atoms with E-state index < -0.39 is 21.0 Å². The Morgan fingerprint density at radius 3 is 2.40 bits per heavy atom. The zero-order chi connectivity index (χ0) is 22.1. The van der Waals surface area contributed by atoms with Gasteiger partial charge in [0.2, 0.25) is 0 Å². The Bertz CT molecular complexity index is 1270. The summed E-state index contributed by atoms with van der Waals surface area (Å²) < 4.78 is 38.5. The minimum absolute atomic E-state index is 0.113. The lowest BCUT2D eigenvalue weighted by Gasteiger charge is -2.09. The van der Waals surface area contributed by atoms with Gasteiger partial charge in [0, 0.05) is 12.1 Å². The smallest absolute Gasteiger partial charge is 0.279 e. The van der Waals surface area contributed by atoms with Gasteiger partial charge in [-0.3, -0.25) is 4.79 Å². The molecule has 0 atom stereocenters. The maximum atomic E-state index is 12.9. The summed E-state index contributed by atoms with van der Waals surface area (Å²) in [5, 5.41) is -0.579. The molecule has 160 valence electrons. The number of aromatic nitrogens is 1. The average Bonchev–Trinajstić information content (AvgIpc) is 3.10. The van der Waals surface area contributed by atoms with E-state index in [2.05, 4.69) is 4.99 Å². The van der Waals surface area contributed by atoms with Crippen LogP contribution in [0.15, 0.2) is 46.3 Å². The Morgan fingerprint density at radius 1 is 1.13 bits per heavy atom. The number of ether oxygens (including phenoxy) is 2. The highest BCUT2D eigenvalue weighted by molar-refractivity contribution is 7.92. The molecule has 30 heavy (non-hydrogen) atoms. The number of methoxy groups -OCH3 is 2. The molecule has 0 N–H and O–H groups in total. The summed E-state index contributed by atoms with van der Waals surface area (Å²) in [4.78, 5) is 17.8. The van der Waals surface area contributed by atoms with Gasteiger partial charge < -0.3 is 14.0 Å². The van der Waals surface area contributed by atoms with Crippen LogP contribution in [0, 0.1) is 0 Å². The number of fused-ring (bicyclic) bond motifs is 1. The summed E-state index contributed by atoms with van der Waals surface area (Å²) in [6, 6.07) is 9.62. The Balaban J connectivity index is 2.17. The first-order valence-electron chi connectivity index (χ1n) is 9.41. The third-order valence-corrected chi connectivity index (χ3v) is 7.98. The maximum absolute atomic E-state index is 12.9. The van der Waals surface area contributed by atoms with Crippen LogP contribution in [0.1, 0.15) is 31.1 Å². The predicted octanol–water partition coefficient (Wildman–Crippen LogP) is 3.66. The average molecular weight is 449 g/mol. The van der Waals surface area contributed by atoms with Gasteiger partial charge in [-0.05, 0) is 51.1 Å². The molecule has 0 aliphatic rings. The molecule has 3 aromatic rings. The molecule has 1 aromatic heterocycles. The number of hydrogen-bond donors (Lipinski definition) is 0. The first-order valence-corrected chi connectivity index (χ1v) is 11.8. The van der Waals surface area contributed by atoms with E-state index in [1.165, 1.54) is 23.5 Å². The van der Waals surface area contributed by atoms with Crippen LogP contribution in [0.25, 0.3) is 10.2 Å². The van der Waals surface area contributed by atoms with E-state index in [-0.39, 0.29) is 10.5 Å². The number of amides is 1. The Hall–Kier alpha value is -2.65. The van der Waals surface area contributed by atoms with Gasteiger partial charge in [-0.15, -0.1) is 0 Å². The molecule has 0 bridgehead atoms. The number of nitrogens with zero attached hydrogens (tertiary/aromatic N) is 2. The van der Waals surface area contributed by atoms with Gasteiger partial charge in [-0.1, -0.05) is 17.4 Å². The number of carbonyl (C=O) groups excluding carboxylic acids is 1. The number of benzene rings is 2. The third kappa shape index (κ3) is 3.87. The van der Waals surface area contributed by atoms with E-state index in [9.17, 15) is 13.2 Å². The highest BCUT2D eigenvalue weighted by atomic mass is 32.2. The van der Waals surface area contributed by atoms with Gasteiger partial charge in [0.1, 0.15) is 21.7 Å². The van der Waals surface area contributed by atoms with Crippen LogP contribution in [0.2, 0.25) is 0 Å². The molecule has 0 fully saturated rings. The van der Waals surface area contributed by atoms with Crippen molar-refractivity contribution in [3.63, 3.8) is 0 Å². The second kappa shape index (κ2) is 8.61. The molecule has 2 aromatic carbocycles. The van der Waals surface area contributed by atoms with Crippen molar-refractivity contribution in [2.24, 2.45) is 4.99 Å². The number of sulfone groups is 1. The molecule has 0 spiro atoms. The van der Waals surface area contributed by atoms with E-state index in [1.807, 2.05) is 23.6 Å². The van der Waals surface area contributed by atoms with Gasteiger partial charge in [0.15, 0.2) is 14.6 Å². The first-order chi connectivity index (χ1) is 14.2. The van der Waals surface area contributed by atoms with E-state index in [4.69, 9.17) is 9.47 Å². The van der Waals surface area contributed by atoms with Gasteiger partial charge in [-0.25, -0.2) is 8.42 Å². The standard InChI is InChI=1S/C21H24N2O5S2/c1-6-23-18-16(27-4)10-11-17(28-5)19(18)29-21(23)22-20(24)14-8-7-9-15(12-14)30(25,26)13(2)3/h7-13H,6H2,1-5H3. The Morgan fingerprint density at radius 2 is 1.80 bits per heavy atom. The van der Waals surface area contributed by atoms with E-state index in [1.54, 1.807) is 40.2 Å². The highest BCUT2D eigenvalue weighted by Gasteiger charge is 2.21. The molecular weight excluding hydrogens is 424 g/mol. The number of aryl methyl sites for hydroxylation is 1. The zero-order valence-electron chi connectivity index (χ0n) is 17.5. The van der Waals surface area contributed by atoms with Crippen LogP contribution in [0.5, 0.6) is 11.5 Å². The van der Waals surface area contributed by atoms with Crippen molar-refractivity contribution in [1.29, 1.82) is 0 Å². The minimum Gasteiger partial charge on any atom is -0.495 e. The summed E-state index contributed by atoms with van der Waals surface area (Å²) in [6.45, 7) is 5.73. The summed E-state index contributed by atoms with van der Waals surface area (Å²) in [7, 11) is -0.319. The molecule has 0 unspecified atom stereocenters. The normalized spacial score (nSPS) is 12.5. The molecule has 0 aliphatic heterocycles. The third-order valence-electron chi connectivity index (χ3n) is 4.74. The fourth-order valence-corrected chi connectivity index (χ4v) is 5.37. The Labute approximate surface area is 179 Å². The number of thiazole rings is 1. The number of hydrogen-bond acceptors (Lipinski definition) is 6. The largest absolute Gasteiger partial charge is 0.495 e. The molecule has 7 nitrogen and oxygen atoms in total. The van der Waals surface area contributed by atoms with Crippen molar-refractivity contribution in [3.05, 3.63) is 46.8 Å². The predicted molar refractivity (Wildman–Crippen MR) is 117 cm³/mol. The molecule has 9 heteroatoms. The molecule has 0 radical (unpaired) electrons. The van der Waals surface area contributed by atoms with E-state index in [0.29, 0.717) is 22.8 Å². The van der Waals surface area contributed by atoms with E-state index in [0.717, 1.165) is 10.2 Å². The van der Waals surface area contributed by atoms with Crippen LogP contribution in [0.3, 0.4) is 0 Å². The number of rotatable bonds is 6. The fraction of sp³-hybridized carbons (Fsp3) is 0.333. The first kappa shape index (κ1) is 22.0. The van der Waals surface area contributed by atoms with Crippen molar-refractivity contribution >= 4 is 37.3 Å². The lowest BCUT2D eigenvalue weighted by Crippen LogP contribution is -2.17. The monoisotopic (exact) mass is 448 g/mol. The summed E-state index contributed by atoms with van der Waals surface area (Å²) in [5.41, 5.74) is 1.02. The van der Waals surface area contributed by atoms with Crippen molar-refractivity contribution in [3.8, 4) is 11.5 Å². The van der Waals surface area contributed by atoms with Gasteiger partial charge in [0.25, 0.3) is 5.91 Å². The van der Waals surface area contributed by atoms with Crippen molar-refractivity contribution in [1.82, 2.24) is 4.57 Å². The lowest BCUT2D eigenvalue weighted by atomic mass is 10.2. The SMILES string of the molecule is CCn1c(=NC(=O)c2cccc(S(=O)(=O)C(C)C)c2)sc2c(OC)ccc(OC)c21. The lowest BCUT2D eigenvalue weighted by molar-refractivity contribution is 0.0997. The number of carbonyl (C=O) groups is 1. The molecule has 1 amide bonds. The van der Waals surface area contributed by atoms with Gasteiger partial charge >= 0.3 is 0 Å². The van der Waals surface area contributed by atoms with Crippen LogP contribution in [0.4, 0.5) is 0 Å². The highest BCUT2D eigenvalue weighted by Crippen LogP contribution is 2.35. The molecule has 3 rings (SSSR count). The maximum Gasteiger partial charge on any atom is 0.279 e. The molecule has 0 saturated heterocycles. The van der Waals surface area contributed by atoms with Crippen molar-refractivity contribution in [2.75, 3.05) is 14.2 Å². The molecule has 0 saturated carbocycles.